The Balaban J connectivity index is 1.38. The molecule has 1 amide bonds. The zero-order chi connectivity index (χ0) is 20.7. The Labute approximate surface area is 179 Å². The lowest BCUT2D eigenvalue weighted by atomic mass is 9.81. The topological polar surface area (TPSA) is 32.8 Å². The quantitative estimate of drug-likeness (QED) is 0.748. The average molecular weight is 405 g/mol. The minimum Gasteiger partial charge on any atom is -0.497 e. The maximum absolute atomic E-state index is 13.0. The molecule has 0 N–H and O–H groups in total. The van der Waals surface area contributed by atoms with Gasteiger partial charge in [0.2, 0.25) is 5.91 Å². The molecule has 1 saturated carbocycles. The lowest BCUT2D eigenvalue weighted by molar-refractivity contribution is -0.134. The van der Waals surface area contributed by atoms with Gasteiger partial charge in [-0.1, -0.05) is 36.4 Å². The number of carbonyl (C=O) groups excluding carboxylic acids is 1. The van der Waals surface area contributed by atoms with E-state index in [1.165, 1.54) is 16.7 Å². The van der Waals surface area contributed by atoms with E-state index in [9.17, 15) is 4.79 Å². The van der Waals surface area contributed by atoms with E-state index in [4.69, 9.17) is 4.74 Å². The molecular weight excluding hydrogens is 372 g/mol. The molecule has 2 heterocycles. The van der Waals surface area contributed by atoms with Crippen LogP contribution < -0.4 is 4.74 Å². The highest BCUT2D eigenvalue weighted by Crippen LogP contribution is 2.44. The number of rotatable bonds is 5. The molecule has 158 valence electrons. The van der Waals surface area contributed by atoms with Gasteiger partial charge in [-0.2, -0.15) is 0 Å². The van der Waals surface area contributed by atoms with Crippen LogP contribution in [0.25, 0.3) is 0 Å². The fourth-order valence-electron chi connectivity index (χ4n) is 5.50. The van der Waals surface area contributed by atoms with Crippen molar-refractivity contribution in [3.63, 3.8) is 0 Å². The highest BCUT2D eigenvalue weighted by molar-refractivity contribution is 5.82. The van der Waals surface area contributed by atoms with E-state index in [1.807, 2.05) is 0 Å². The molecule has 2 aromatic rings. The average Bonchev–Trinajstić information content (AvgIpc) is 3.56. The summed E-state index contributed by atoms with van der Waals surface area (Å²) in [6.45, 7) is 6.20. The second-order valence-corrected chi connectivity index (χ2v) is 9.33. The zero-order valence-electron chi connectivity index (χ0n) is 18.1. The van der Waals surface area contributed by atoms with Gasteiger partial charge in [-0.25, -0.2) is 0 Å². The summed E-state index contributed by atoms with van der Waals surface area (Å²) in [5.74, 6) is 2.50. The first-order valence-electron chi connectivity index (χ1n) is 11.4. The summed E-state index contributed by atoms with van der Waals surface area (Å²) in [6, 6.07) is 17.6. The molecule has 0 bridgehead atoms. The lowest BCUT2D eigenvalue weighted by Crippen LogP contribution is -2.48. The van der Waals surface area contributed by atoms with Crippen LogP contribution in [0.1, 0.15) is 41.9 Å². The van der Waals surface area contributed by atoms with E-state index in [2.05, 4.69) is 65.3 Å². The first-order valence-corrected chi connectivity index (χ1v) is 11.4. The summed E-state index contributed by atoms with van der Waals surface area (Å²) in [6.07, 6.45) is 3.25. The number of hydrogen-bond donors (Lipinski definition) is 0. The number of likely N-dealkylation sites (tertiary alicyclic amines) is 2. The summed E-state index contributed by atoms with van der Waals surface area (Å²) >= 11 is 0. The third-order valence-electron chi connectivity index (χ3n) is 7.42. The molecule has 1 aliphatic carbocycles. The Kier molecular flexibility index (Phi) is 5.28. The van der Waals surface area contributed by atoms with Crippen molar-refractivity contribution in [1.82, 2.24) is 9.80 Å². The van der Waals surface area contributed by atoms with Gasteiger partial charge < -0.3 is 9.64 Å². The van der Waals surface area contributed by atoms with E-state index in [0.717, 1.165) is 51.2 Å². The maximum Gasteiger partial charge on any atom is 0.225 e. The number of fused-ring (bicyclic) bond motifs is 1. The standard InChI is InChI=1S/C26H32N2O2/c1-18-5-3-4-6-21(18)15-27-14-13-25-24(16-27)23(17-28(25)26(29)20-7-8-20)19-9-11-22(30-2)12-10-19/h3-6,9-12,20,23-25H,7-8,13-17H2,1-2H3/t23-,24-,25-/m1/s1. The third kappa shape index (κ3) is 3.74. The Hall–Kier alpha value is -2.33. The molecule has 0 unspecified atom stereocenters. The molecule has 0 radical (unpaired) electrons. The zero-order valence-corrected chi connectivity index (χ0v) is 18.1. The summed E-state index contributed by atoms with van der Waals surface area (Å²) in [4.78, 5) is 17.9. The fourth-order valence-corrected chi connectivity index (χ4v) is 5.50. The van der Waals surface area contributed by atoms with E-state index in [1.54, 1.807) is 7.11 Å². The second kappa shape index (κ2) is 8.07. The van der Waals surface area contributed by atoms with Gasteiger partial charge in [0.15, 0.2) is 0 Å². The summed E-state index contributed by atoms with van der Waals surface area (Å²) in [5.41, 5.74) is 4.12. The summed E-state index contributed by atoms with van der Waals surface area (Å²) in [7, 11) is 1.71. The van der Waals surface area contributed by atoms with Crippen LogP contribution in [0.3, 0.4) is 0 Å². The highest BCUT2D eigenvalue weighted by atomic mass is 16.5. The molecule has 3 aliphatic rings. The van der Waals surface area contributed by atoms with Crippen molar-refractivity contribution >= 4 is 5.91 Å². The van der Waals surface area contributed by atoms with Gasteiger partial charge in [0.05, 0.1) is 7.11 Å². The number of amides is 1. The number of piperidine rings is 1. The SMILES string of the molecule is COc1ccc([C@H]2CN(C(=O)C3CC3)[C@@H]3CCN(Cc4ccccc4C)C[C@H]23)cc1. The van der Waals surface area contributed by atoms with Crippen molar-refractivity contribution in [1.29, 1.82) is 0 Å². The largest absolute Gasteiger partial charge is 0.497 e. The number of benzene rings is 2. The predicted molar refractivity (Wildman–Crippen MR) is 119 cm³/mol. The first kappa shape index (κ1) is 19.6. The molecule has 5 rings (SSSR count). The fraction of sp³-hybridized carbons (Fsp3) is 0.500. The molecular formula is C26H32N2O2. The van der Waals surface area contributed by atoms with Crippen molar-refractivity contribution in [2.24, 2.45) is 11.8 Å². The van der Waals surface area contributed by atoms with Crippen molar-refractivity contribution in [3.05, 3.63) is 65.2 Å². The van der Waals surface area contributed by atoms with Crippen molar-refractivity contribution in [2.45, 2.75) is 44.7 Å². The summed E-state index contributed by atoms with van der Waals surface area (Å²) < 4.78 is 5.36. The monoisotopic (exact) mass is 404 g/mol. The van der Waals surface area contributed by atoms with Gasteiger partial charge in [-0.3, -0.25) is 9.69 Å². The summed E-state index contributed by atoms with van der Waals surface area (Å²) in [5, 5.41) is 0. The van der Waals surface area contributed by atoms with Gasteiger partial charge in [0.25, 0.3) is 0 Å². The van der Waals surface area contributed by atoms with Crippen LogP contribution in [0.2, 0.25) is 0 Å². The number of carbonyl (C=O) groups is 1. The van der Waals surface area contributed by atoms with Crippen LogP contribution >= 0.6 is 0 Å². The van der Waals surface area contributed by atoms with E-state index >= 15 is 0 Å². The molecule has 2 aromatic carbocycles. The Bertz CT molecular complexity index is 906. The van der Waals surface area contributed by atoms with Crippen LogP contribution in [-0.4, -0.2) is 48.5 Å². The number of methoxy groups -OCH3 is 1. The van der Waals surface area contributed by atoms with E-state index < -0.39 is 0 Å². The van der Waals surface area contributed by atoms with Gasteiger partial charge in [0, 0.05) is 50.0 Å². The first-order chi connectivity index (χ1) is 14.6. The minimum atomic E-state index is 0.297. The molecule has 0 aromatic heterocycles. The normalized spacial score (nSPS) is 26.5. The number of hydrogen-bond acceptors (Lipinski definition) is 3. The van der Waals surface area contributed by atoms with Crippen LogP contribution in [0.4, 0.5) is 0 Å². The maximum atomic E-state index is 13.0. The van der Waals surface area contributed by atoms with E-state index in [-0.39, 0.29) is 0 Å². The minimum absolute atomic E-state index is 0.297. The van der Waals surface area contributed by atoms with Crippen molar-refractivity contribution in [3.8, 4) is 5.75 Å². The second-order valence-electron chi connectivity index (χ2n) is 9.33. The highest BCUT2D eigenvalue weighted by Gasteiger charge is 2.49. The molecule has 3 atom stereocenters. The number of ether oxygens (including phenoxy) is 1. The van der Waals surface area contributed by atoms with Crippen LogP contribution in [0, 0.1) is 18.8 Å². The predicted octanol–water partition coefficient (Wildman–Crippen LogP) is 4.23. The molecule has 2 aliphatic heterocycles. The van der Waals surface area contributed by atoms with Crippen LogP contribution in [-0.2, 0) is 11.3 Å². The Morgan fingerprint density at radius 3 is 2.50 bits per heavy atom. The van der Waals surface area contributed by atoms with Crippen LogP contribution in [0.15, 0.2) is 48.5 Å². The molecule has 30 heavy (non-hydrogen) atoms. The third-order valence-corrected chi connectivity index (χ3v) is 7.42. The number of aryl methyl sites for hydroxylation is 1. The molecule has 4 heteroatoms. The smallest absolute Gasteiger partial charge is 0.225 e. The Morgan fingerprint density at radius 1 is 1.03 bits per heavy atom. The van der Waals surface area contributed by atoms with Gasteiger partial charge in [0.1, 0.15) is 5.75 Å². The molecule has 0 spiro atoms. The van der Waals surface area contributed by atoms with E-state index in [0.29, 0.717) is 29.7 Å². The van der Waals surface area contributed by atoms with Crippen LogP contribution in [0.5, 0.6) is 5.75 Å². The lowest BCUT2D eigenvalue weighted by Gasteiger charge is -2.39. The van der Waals surface area contributed by atoms with Gasteiger partial charge in [-0.05, 0) is 55.0 Å². The molecule has 4 nitrogen and oxygen atoms in total. The van der Waals surface area contributed by atoms with Gasteiger partial charge in [-0.15, -0.1) is 0 Å². The Morgan fingerprint density at radius 2 is 1.80 bits per heavy atom. The number of nitrogens with zero attached hydrogens (tertiary/aromatic N) is 2. The van der Waals surface area contributed by atoms with Crippen molar-refractivity contribution < 1.29 is 9.53 Å². The molecule has 3 fully saturated rings. The van der Waals surface area contributed by atoms with Gasteiger partial charge >= 0.3 is 0 Å². The molecule has 2 saturated heterocycles. The van der Waals surface area contributed by atoms with Crippen molar-refractivity contribution in [2.75, 3.05) is 26.7 Å².